The van der Waals surface area contributed by atoms with Gasteiger partial charge in [-0.15, -0.1) is 5.10 Å². The van der Waals surface area contributed by atoms with E-state index < -0.39 is 0 Å². The fourth-order valence-electron chi connectivity index (χ4n) is 2.68. The molecular weight excluding hydrogens is 368 g/mol. The number of hydrogen-bond acceptors (Lipinski definition) is 8. The number of rotatable bonds is 5. The Labute approximate surface area is 157 Å². The van der Waals surface area contributed by atoms with Crippen LogP contribution in [0.4, 0.5) is 10.8 Å². The lowest BCUT2D eigenvalue weighted by atomic mass is 10.2. The Morgan fingerprint density at radius 3 is 2.37 bits per heavy atom. The van der Waals surface area contributed by atoms with Gasteiger partial charge in [0, 0.05) is 11.8 Å². The van der Waals surface area contributed by atoms with E-state index in [0.29, 0.717) is 32.5 Å². The van der Waals surface area contributed by atoms with Crippen molar-refractivity contribution < 1.29 is 14.2 Å². The van der Waals surface area contributed by atoms with Crippen LogP contribution in [0.25, 0.3) is 15.9 Å². The van der Waals surface area contributed by atoms with Gasteiger partial charge >= 0.3 is 0 Å². The Kier molecular flexibility index (Phi) is 4.28. The number of anilines is 2. The first-order valence-corrected chi connectivity index (χ1v) is 8.81. The molecule has 0 saturated heterocycles. The van der Waals surface area contributed by atoms with E-state index in [2.05, 4.69) is 15.4 Å². The molecular formula is C18H16N4O4S. The Hall–Kier alpha value is -3.33. The molecule has 0 fully saturated rings. The van der Waals surface area contributed by atoms with Crippen LogP contribution in [-0.2, 0) is 0 Å². The number of hydrogen-bond donors (Lipinski definition) is 1. The summed E-state index contributed by atoms with van der Waals surface area (Å²) in [4.78, 5) is 17.8. The van der Waals surface area contributed by atoms with Crippen molar-refractivity contribution >= 4 is 38.0 Å². The largest absolute Gasteiger partial charge is 0.497 e. The molecule has 8 nitrogen and oxygen atoms in total. The van der Waals surface area contributed by atoms with E-state index in [1.165, 1.54) is 23.0 Å². The molecule has 0 aliphatic heterocycles. The first kappa shape index (κ1) is 17.1. The van der Waals surface area contributed by atoms with Gasteiger partial charge < -0.3 is 19.5 Å². The minimum Gasteiger partial charge on any atom is -0.497 e. The summed E-state index contributed by atoms with van der Waals surface area (Å²) in [5.74, 6) is 1.75. The average molecular weight is 384 g/mol. The van der Waals surface area contributed by atoms with Crippen molar-refractivity contribution in [3.05, 3.63) is 46.8 Å². The van der Waals surface area contributed by atoms with Crippen molar-refractivity contribution in [2.75, 3.05) is 26.6 Å². The van der Waals surface area contributed by atoms with Gasteiger partial charge in [-0.05, 0) is 30.3 Å². The van der Waals surface area contributed by atoms with Crippen LogP contribution in [-0.4, -0.2) is 35.9 Å². The summed E-state index contributed by atoms with van der Waals surface area (Å²) in [5.41, 5.74) is 1.09. The average Bonchev–Trinajstić information content (AvgIpc) is 3.10. The van der Waals surface area contributed by atoms with E-state index in [-0.39, 0.29) is 5.56 Å². The highest BCUT2D eigenvalue weighted by Gasteiger charge is 2.15. The minimum absolute atomic E-state index is 0.269. The van der Waals surface area contributed by atoms with Gasteiger partial charge in [-0.1, -0.05) is 11.3 Å². The standard InChI is InChI=1S/C18H16N4O4S/c1-24-11-6-4-10(5-7-11)19-17-21-22-16(23)12-8-14(25-2)15(26-3)9-13(12)20-18(22)27-17/h4-9H,1-3H3,(H,19,21). The summed E-state index contributed by atoms with van der Waals surface area (Å²) >= 11 is 1.28. The third-order valence-corrected chi connectivity index (χ3v) is 4.87. The first-order valence-electron chi connectivity index (χ1n) is 7.99. The molecule has 2 aromatic carbocycles. The SMILES string of the molecule is COc1ccc(Nc2nn3c(=O)c4cc(OC)c(OC)cc4nc3s2)cc1. The van der Waals surface area contributed by atoms with E-state index in [4.69, 9.17) is 14.2 Å². The minimum atomic E-state index is -0.269. The zero-order valence-corrected chi connectivity index (χ0v) is 15.7. The van der Waals surface area contributed by atoms with Crippen LogP contribution >= 0.6 is 11.3 Å². The maximum atomic E-state index is 12.8. The maximum Gasteiger partial charge on any atom is 0.283 e. The Bertz CT molecular complexity index is 1180. The topological polar surface area (TPSA) is 87.0 Å². The fourth-order valence-corrected chi connectivity index (χ4v) is 3.50. The van der Waals surface area contributed by atoms with Crippen LogP contribution in [0.5, 0.6) is 17.2 Å². The van der Waals surface area contributed by atoms with E-state index in [1.807, 2.05) is 24.3 Å². The second-order valence-corrected chi connectivity index (χ2v) is 6.55. The quantitative estimate of drug-likeness (QED) is 0.566. The first-order chi connectivity index (χ1) is 13.1. The van der Waals surface area contributed by atoms with Gasteiger partial charge in [0.25, 0.3) is 5.56 Å². The van der Waals surface area contributed by atoms with Gasteiger partial charge in [-0.3, -0.25) is 4.79 Å². The number of fused-ring (bicyclic) bond motifs is 2. The van der Waals surface area contributed by atoms with E-state index in [9.17, 15) is 4.79 Å². The summed E-state index contributed by atoms with van der Waals surface area (Å²) in [6.45, 7) is 0. The van der Waals surface area contributed by atoms with Crippen molar-refractivity contribution in [1.29, 1.82) is 0 Å². The third-order valence-electron chi connectivity index (χ3n) is 4.04. The zero-order chi connectivity index (χ0) is 19.0. The van der Waals surface area contributed by atoms with Crippen LogP contribution in [0, 0.1) is 0 Å². The van der Waals surface area contributed by atoms with Crippen LogP contribution < -0.4 is 25.1 Å². The molecule has 27 heavy (non-hydrogen) atoms. The molecule has 0 aliphatic carbocycles. The number of nitrogens with one attached hydrogen (secondary N) is 1. The van der Waals surface area contributed by atoms with E-state index in [1.54, 1.807) is 26.4 Å². The molecule has 2 aromatic heterocycles. The molecule has 4 aromatic rings. The molecule has 4 rings (SSSR count). The molecule has 0 radical (unpaired) electrons. The molecule has 0 bridgehead atoms. The van der Waals surface area contributed by atoms with Crippen LogP contribution in [0.15, 0.2) is 41.2 Å². The maximum absolute atomic E-state index is 12.8. The normalized spacial score (nSPS) is 10.9. The van der Waals surface area contributed by atoms with Crippen LogP contribution in [0.2, 0.25) is 0 Å². The smallest absolute Gasteiger partial charge is 0.283 e. The van der Waals surface area contributed by atoms with Crippen molar-refractivity contribution in [3.63, 3.8) is 0 Å². The molecule has 138 valence electrons. The predicted octanol–water partition coefficient (Wildman–Crippen LogP) is 3.07. The number of nitrogens with zero attached hydrogens (tertiary/aromatic N) is 3. The van der Waals surface area contributed by atoms with Gasteiger partial charge in [0.2, 0.25) is 10.1 Å². The second-order valence-electron chi connectivity index (χ2n) is 5.60. The van der Waals surface area contributed by atoms with E-state index >= 15 is 0 Å². The number of ether oxygens (including phenoxy) is 3. The molecule has 0 unspecified atom stereocenters. The molecule has 1 N–H and O–H groups in total. The van der Waals surface area contributed by atoms with Gasteiger partial charge in [0.15, 0.2) is 11.5 Å². The Morgan fingerprint density at radius 2 is 1.70 bits per heavy atom. The Balaban J connectivity index is 1.79. The highest BCUT2D eigenvalue weighted by Crippen LogP contribution is 2.31. The highest BCUT2D eigenvalue weighted by atomic mass is 32.1. The van der Waals surface area contributed by atoms with Gasteiger partial charge in [-0.2, -0.15) is 4.52 Å². The van der Waals surface area contributed by atoms with Gasteiger partial charge in [-0.25, -0.2) is 4.98 Å². The van der Waals surface area contributed by atoms with Crippen molar-refractivity contribution in [2.24, 2.45) is 0 Å². The van der Waals surface area contributed by atoms with Crippen molar-refractivity contribution in [2.45, 2.75) is 0 Å². The third kappa shape index (κ3) is 3.02. The highest BCUT2D eigenvalue weighted by molar-refractivity contribution is 7.20. The number of benzene rings is 2. The summed E-state index contributed by atoms with van der Waals surface area (Å²) in [6, 6.07) is 10.7. The molecule has 0 atom stereocenters. The van der Waals surface area contributed by atoms with Crippen LogP contribution in [0.3, 0.4) is 0 Å². The Morgan fingerprint density at radius 1 is 1.00 bits per heavy atom. The summed E-state index contributed by atoms with van der Waals surface area (Å²) < 4.78 is 17.0. The van der Waals surface area contributed by atoms with E-state index in [0.717, 1.165) is 11.4 Å². The summed E-state index contributed by atoms with van der Waals surface area (Å²) in [5, 5.41) is 8.48. The molecule has 0 aliphatic rings. The van der Waals surface area contributed by atoms with Crippen molar-refractivity contribution in [3.8, 4) is 17.2 Å². The monoisotopic (exact) mass is 384 g/mol. The predicted molar refractivity (Wildman–Crippen MR) is 104 cm³/mol. The molecule has 2 heterocycles. The summed E-state index contributed by atoms with van der Waals surface area (Å²) in [7, 11) is 4.67. The lowest BCUT2D eigenvalue weighted by Crippen LogP contribution is -2.15. The second kappa shape index (κ2) is 6.76. The van der Waals surface area contributed by atoms with Crippen LogP contribution in [0.1, 0.15) is 0 Å². The molecule has 0 amide bonds. The van der Waals surface area contributed by atoms with Crippen molar-refractivity contribution in [1.82, 2.24) is 14.6 Å². The number of methoxy groups -OCH3 is 3. The molecule has 0 spiro atoms. The van der Waals surface area contributed by atoms with Gasteiger partial charge in [0.05, 0.1) is 32.2 Å². The summed E-state index contributed by atoms with van der Waals surface area (Å²) in [6.07, 6.45) is 0. The van der Waals surface area contributed by atoms with Gasteiger partial charge in [0.1, 0.15) is 5.75 Å². The molecule has 9 heteroatoms. The fraction of sp³-hybridized carbons (Fsp3) is 0.167. The molecule has 0 saturated carbocycles. The zero-order valence-electron chi connectivity index (χ0n) is 14.8. The lowest BCUT2D eigenvalue weighted by molar-refractivity contribution is 0.355. The lowest BCUT2D eigenvalue weighted by Gasteiger charge is -2.08. The number of aromatic nitrogens is 3.